The molecule has 1 heterocycles. The summed E-state index contributed by atoms with van der Waals surface area (Å²) in [6.45, 7) is 3.19. The van der Waals surface area contributed by atoms with Crippen LogP contribution in [0.5, 0.6) is 5.75 Å². The standard InChI is InChI=1S/C19H17NO4S/c1-11(21)18-17(15-5-3-4-6-16(15)24-18)20-19(23)12(2)25-14-9-7-13(22)8-10-14/h3-10,12,22H,1-2H3,(H,20,23)/t12-/m0/s1. The number of Topliss-reactive ketones (excluding diaryl/α,β-unsaturated/α-hetero) is 1. The molecule has 5 nitrogen and oxygen atoms in total. The van der Waals surface area contributed by atoms with Gasteiger partial charge in [-0.05, 0) is 43.3 Å². The van der Waals surface area contributed by atoms with Crippen molar-refractivity contribution >= 4 is 40.1 Å². The highest BCUT2D eigenvalue weighted by Gasteiger charge is 2.22. The third-order valence-electron chi connectivity index (χ3n) is 3.68. The fourth-order valence-electron chi connectivity index (χ4n) is 2.42. The van der Waals surface area contributed by atoms with Gasteiger partial charge in [0.05, 0.1) is 10.9 Å². The number of rotatable bonds is 5. The summed E-state index contributed by atoms with van der Waals surface area (Å²) in [6, 6.07) is 13.8. The quantitative estimate of drug-likeness (QED) is 0.522. The van der Waals surface area contributed by atoms with Gasteiger partial charge in [0.25, 0.3) is 0 Å². The van der Waals surface area contributed by atoms with Crippen LogP contribution in [0.2, 0.25) is 0 Å². The Balaban J connectivity index is 1.82. The number of thioether (sulfide) groups is 1. The number of nitrogens with one attached hydrogen (secondary N) is 1. The maximum absolute atomic E-state index is 12.6. The number of phenolic OH excluding ortho intramolecular Hbond substituents is 1. The smallest absolute Gasteiger partial charge is 0.237 e. The lowest BCUT2D eigenvalue weighted by atomic mass is 10.2. The van der Waals surface area contributed by atoms with E-state index in [2.05, 4.69) is 5.32 Å². The molecule has 0 bridgehead atoms. The Kier molecular flexibility index (Phi) is 4.81. The fraction of sp³-hybridized carbons (Fsp3) is 0.158. The number of ketones is 1. The highest BCUT2D eigenvalue weighted by atomic mass is 32.2. The van der Waals surface area contributed by atoms with Crippen molar-refractivity contribution in [2.45, 2.75) is 24.0 Å². The second-order valence-corrected chi connectivity index (χ2v) is 7.02. The van der Waals surface area contributed by atoms with Gasteiger partial charge < -0.3 is 14.8 Å². The van der Waals surface area contributed by atoms with Gasteiger partial charge in [0.15, 0.2) is 11.5 Å². The van der Waals surface area contributed by atoms with Crippen molar-refractivity contribution in [1.29, 1.82) is 0 Å². The Bertz CT molecular complexity index is 930. The largest absolute Gasteiger partial charge is 0.508 e. The van der Waals surface area contributed by atoms with Crippen molar-refractivity contribution in [3.63, 3.8) is 0 Å². The van der Waals surface area contributed by atoms with Gasteiger partial charge in [0, 0.05) is 17.2 Å². The minimum absolute atomic E-state index is 0.149. The topological polar surface area (TPSA) is 79.5 Å². The van der Waals surface area contributed by atoms with E-state index in [1.54, 1.807) is 43.3 Å². The molecule has 128 valence electrons. The van der Waals surface area contributed by atoms with Gasteiger partial charge in [-0.1, -0.05) is 12.1 Å². The van der Waals surface area contributed by atoms with Crippen LogP contribution in [0.15, 0.2) is 57.8 Å². The second-order valence-electron chi connectivity index (χ2n) is 5.60. The van der Waals surface area contributed by atoms with Crippen molar-refractivity contribution in [3.05, 3.63) is 54.3 Å². The molecule has 1 amide bonds. The first-order valence-electron chi connectivity index (χ1n) is 7.74. The molecule has 0 saturated carbocycles. The third-order valence-corrected chi connectivity index (χ3v) is 4.79. The predicted molar refractivity (Wildman–Crippen MR) is 98.3 cm³/mol. The number of fused-ring (bicyclic) bond motifs is 1. The molecule has 1 atom stereocenters. The van der Waals surface area contributed by atoms with Crippen molar-refractivity contribution in [2.24, 2.45) is 0 Å². The zero-order chi connectivity index (χ0) is 18.0. The van der Waals surface area contributed by atoms with Gasteiger partial charge in [0.1, 0.15) is 11.3 Å². The van der Waals surface area contributed by atoms with Crippen LogP contribution in [-0.4, -0.2) is 22.0 Å². The molecule has 0 aliphatic heterocycles. The van der Waals surface area contributed by atoms with Crippen LogP contribution in [0, 0.1) is 0 Å². The SMILES string of the molecule is CC(=O)c1oc2ccccc2c1NC(=O)[C@H](C)Sc1ccc(O)cc1. The summed E-state index contributed by atoms with van der Waals surface area (Å²) in [5.41, 5.74) is 0.966. The van der Waals surface area contributed by atoms with E-state index in [1.807, 2.05) is 12.1 Å². The molecule has 0 spiro atoms. The van der Waals surface area contributed by atoms with Gasteiger partial charge in [-0.15, -0.1) is 11.8 Å². The van der Waals surface area contributed by atoms with E-state index in [-0.39, 0.29) is 23.2 Å². The molecule has 0 aliphatic carbocycles. The molecule has 0 unspecified atom stereocenters. The monoisotopic (exact) mass is 355 g/mol. The summed E-state index contributed by atoms with van der Waals surface area (Å²) >= 11 is 1.36. The summed E-state index contributed by atoms with van der Waals surface area (Å²) in [7, 11) is 0. The molecular formula is C19H17NO4S. The molecule has 6 heteroatoms. The Hall–Kier alpha value is -2.73. The summed E-state index contributed by atoms with van der Waals surface area (Å²) in [6.07, 6.45) is 0. The molecule has 0 radical (unpaired) electrons. The number of amides is 1. The average molecular weight is 355 g/mol. The maximum Gasteiger partial charge on any atom is 0.237 e. The summed E-state index contributed by atoms with van der Waals surface area (Å²) < 4.78 is 5.57. The molecular weight excluding hydrogens is 338 g/mol. The van der Waals surface area contributed by atoms with Crippen LogP contribution in [0.4, 0.5) is 5.69 Å². The Morgan fingerprint density at radius 3 is 2.48 bits per heavy atom. The minimum Gasteiger partial charge on any atom is -0.508 e. The van der Waals surface area contributed by atoms with E-state index in [0.29, 0.717) is 16.7 Å². The van der Waals surface area contributed by atoms with Crippen molar-refractivity contribution in [2.75, 3.05) is 5.32 Å². The lowest BCUT2D eigenvalue weighted by Crippen LogP contribution is -2.23. The lowest BCUT2D eigenvalue weighted by Gasteiger charge is -2.12. The number of benzene rings is 2. The van der Waals surface area contributed by atoms with Crippen LogP contribution in [0.25, 0.3) is 11.0 Å². The van der Waals surface area contributed by atoms with E-state index >= 15 is 0 Å². The third kappa shape index (κ3) is 3.69. The molecule has 1 aromatic heterocycles. The van der Waals surface area contributed by atoms with Crippen molar-refractivity contribution in [3.8, 4) is 5.75 Å². The number of carbonyl (C=O) groups excluding carboxylic acids is 2. The highest BCUT2D eigenvalue weighted by molar-refractivity contribution is 8.00. The first kappa shape index (κ1) is 17.1. The van der Waals surface area contributed by atoms with Crippen LogP contribution >= 0.6 is 11.8 Å². The molecule has 0 saturated heterocycles. The summed E-state index contributed by atoms with van der Waals surface area (Å²) in [5, 5.41) is 12.5. The van der Waals surface area contributed by atoms with Crippen LogP contribution in [0.1, 0.15) is 24.4 Å². The first-order valence-corrected chi connectivity index (χ1v) is 8.62. The number of phenols is 1. The Morgan fingerprint density at radius 2 is 1.80 bits per heavy atom. The van der Waals surface area contributed by atoms with Crippen LogP contribution in [-0.2, 0) is 4.79 Å². The van der Waals surface area contributed by atoms with E-state index < -0.39 is 5.25 Å². The number of furan rings is 1. The second kappa shape index (κ2) is 7.03. The van der Waals surface area contributed by atoms with E-state index in [4.69, 9.17) is 4.42 Å². The average Bonchev–Trinajstić information content (AvgIpc) is 2.96. The van der Waals surface area contributed by atoms with Gasteiger partial charge in [-0.3, -0.25) is 9.59 Å². The molecule has 2 aromatic carbocycles. The fourth-order valence-corrected chi connectivity index (χ4v) is 3.29. The van der Waals surface area contributed by atoms with Gasteiger partial charge in [0.2, 0.25) is 5.91 Å². The lowest BCUT2D eigenvalue weighted by molar-refractivity contribution is -0.115. The summed E-state index contributed by atoms with van der Waals surface area (Å²) in [5.74, 6) is -0.147. The predicted octanol–water partition coefficient (Wildman–Crippen LogP) is 4.46. The van der Waals surface area contributed by atoms with Crippen LogP contribution in [0.3, 0.4) is 0 Å². The molecule has 3 rings (SSSR count). The zero-order valence-electron chi connectivity index (χ0n) is 13.8. The Morgan fingerprint density at radius 1 is 1.12 bits per heavy atom. The molecule has 0 fully saturated rings. The van der Waals surface area contributed by atoms with Crippen molar-refractivity contribution < 1.29 is 19.1 Å². The van der Waals surface area contributed by atoms with Crippen molar-refractivity contribution in [1.82, 2.24) is 0 Å². The van der Waals surface area contributed by atoms with Crippen LogP contribution < -0.4 is 5.32 Å². The van der Waals surface area contributed by atoms with Gasteiger partial charge in [-0.25, -0.2) is 0 Å². The number of aromatic hydroxyl groups is 1. The Labute approximate surface area is 149 Å². The zero-order valence-corrected chi connectivity index (χ0v) is 14.6. The normalized spacial score (nSPS) is 12.1. The van der Waals surface area contributed by atoms with Gasteiger partial charge in [-0.2, -0.15) is 0 Å². The number of hydrogen-bond acceptors (Lipinski definition) is 5. The highest BCUT2D eigenvalue weighted by Crippen LogP contribution is 2.32. The summed E-state index contributed by atoms with van der Waals surface area (Å²) in [4.78, 5) is 25.3. The first-order chi connectivity index (χ1) is 12.0. The molecule has 3 aromatic rings. The van der Waals surface area contributed by atoms with E-state index in [9.17, 15) is 14.7 Å². The van der Waals surface area contributed by atoms with E-state index in [1.165, 1.54) is 18.7 Å². The van der Waals surface area contributed by atoms with Gasteiger partial charge >= 0.3 is 0 Å². The number of anilines is 1. The number of hydrogen-bond donors (Lipinski definition) is 2. The molecule has 0 aliphatic rings. The number of para-hydroxylation sites is 1. The van der Waals surface area contributed by atoms with E-state index in [0.717, 1.165) is 4.90 Å². The maximum atomic E-state index is 12.6. The minimum atomic E-state index is -0.391. The molecule has 25 heavy (non-hydrogen) atoms. The number of carbonyl (C=O) groups is 2. The molecule has 2 N–H and O–H groups in total.